The Labute approximate surface area is 78.5 Å². The molecule has 0 aromatic rings. The van der Waals surface area contributed by atoms with Crippen LogP contribution >= 0.6 is 0 Å². The molecule has 2 fully saturated rings. The molecule has 0 spiro atoms. The number of fused-ring (bicyclic) bond motifs is 1. The molecule has 4 nitrogen and oxygen atoms in total. The van der Waals surface area contributed by atoms with Crippen molar-refractivity contribution in [2.45, 2.75) is 25.3 Å². The second-order valence-electron chi connectivity index (χ2n) is 4.40. The van der Waals surface area contributed by atoms with Crippen LogP contribution in [0.3, 0.4) is 0 Å². The summed E-state index contributed by atoms with van der Waals surface area (Å²) in [7, 11) is 2.18. The zero-order chi connectivity index (χ0) is 9.26. The molecule has 13 heavy (non-hydrogen) atoms. The molecule has 1 saturated carbocycles. The van der Waals surface area contributed by atoms with Gasteiger partial charge in [0, 0.05) is 17.5 Å². The molecule has 72 valence electrons. The Kier molecular flexibility index (Phi) is 2.42. The van der Waals surface area contributed by atoms with Crippen molar-refractivity contribution in [1.29, 1.82) is 0 Å². The first kappa shape index (κ1) is 8.85. The Morgan fingerprint density at radius 3 is 2.92 bits per heavy atom. The molecule has 1 heterocycles. The van der Waals surface area contributed by atoms with Crippen LogP contribution in [0.25, 0.3) is 10.4 Å². The Morgan fingerprint density at radius 2 is 2.15 bits per heavy atom. The lowest BCUT2D eigenvalue weighted by molar-refractivity contribution is 0.166. The SMILES string of the molecule is CN1CC[C@@H]2CC(N=[N+]=[N-])C[C@@H]2C1. The van der Waals surface area contributed by atoms with E-state index in [2.05, 4.69) is 22.0 Å². The van der Waals surface area contributed by atoms with Gasteiger partial charge in [-0.25, -0.2) is 0 Å². The first-order valence-electron chi connectivity index (χ1n) is 5.02. The van der Waals surface area contributed by atoms with Gasteiger partial charge < -0.3 is 4.90 Å². The van der Waals surface area contributed by atoms with Crippen LogP contribution in [0.5, 0.6) is 0 Å². The van der Waals surface area contributed by atoms with Crippen molar-refractivity contribution in [3.63, 3.8) is 0 Å². The average molecular weight is 180 g/mol. The van der Waals surface area contributed by atoms with Crippen LogP contribution in [0.15, 0.2) is 5.11 Å². The summed E-state index contributed by atoms with van der Waals surface area (Å²) in [6, 6.07) is 0.284. The summed E-state index contributed by atoms with van der Waals surface area (Å²) < 4.78 is 0. The second kappa shape index (κ2) is 3.56. The summed E-state index contributed by atoms with van der Waals surface area (Å²) in [6.45, 7) is 2.41. The van der Waals surface area contributed by atoms with Gasteiger partial charge in [0.25, 0.3) is 0 Å². The highest BCUT2D eigenvalue weighted by Crippen LogP contribution is 2.38. The quantitative estimate of drug-likeness (QED) is 0.346. The number of piperidine rings is 1. The number of azide groups is 1. The molecule has 3 atom stereocenters. The zero-order valence-electron chi connectivity index (χ0n) is 8.06. The van der Waals surface area contributed by atoms with E-state index in [1.807, 2.05) is 0 Å². The van der Waals surface area contributed by atoms with Gasteiger partial charge in [-0.1, -0.05) is 5.11 Å². The third kappa shape index (κ3) is 1.79. The molecule has 1 aliphatic carbocycles. The summed E-state index contributed by atoms with van der Waals surface area (Å²) in [5.41, 5.74) is 8.36. The van der Waals surface area contributed by atoms with Crippen LogP contribution in [-0.4, -0.2) is 31.1 Å². The highest BCUT2D eigenvalue weighted by atomic mass is 15.2. The lowest BCUT2D eigenvalue weighted by Gasteiger charge is -2.32. The van der Waals surface area contributed by atoms with Crippen molar-refractivity contribution >= 4 is 0 Å². The fourth-order valence-corrected chi connectivity index (χ4v) is 2.80. The third-order valence-electron chi connectivity index (χ3n) is 3.46. The summed E-state index contributed by atoms with van der Waals surface area (Å²) in [5, 5.41) is 3.83. The van der Waals surface area contributed by atoms with Crippen molar-refractivity contribution in [3.8, 4) is 0 Å². The molecule has 0 N–H and O–H groups in total. The van der Waals surface area contributed by atoms with E-state index >= 15 is 0 Å². The van der Waals surface area contributed by atoms with Gasteiger partial charge in [0.1, 0.15) is 0 Å². The van der Waals surface area contributed by atoms with Gasteiger partial charge in [-0.3, -0.25) is 0 Å². The maximum Gasteiger partial charge on any atom is 0.0380 e. The Morgan fingerprint density at radius 1 is 1.38 bits per heavy atom. The highest BCUT2D eigenvalue weighted by molar-refractivity contribution is 4.91. The van der Waals surface area contributed by atoms with E-state index in [4.69, 9.17) is 5.53 Å². The van der Waals surface area contributed by atoms with E-state index in [0.717, 1.165) is 24.7 Å². The van der Waals surface area contributed by atoms with Crippen LogP contribution in [0, 0.1) is 11.8 Å². The zero-order valence-corrected chi connectivity index (χ0v) is 8.06. The minimum Gasteiger partial charge on any atom is -0.306 e. The average Bonchev–Trinajstić information content (AvgIpc) is 2.46. The van der Waals surface area contributed by atoms with E-state index in [0.29, 0.717) is 0 Å². The van der Waals surface area contributed by atoms with Crippen LogP contribution in [0.1, 0.15) is 19.3 Å². The molecule has 1 unspecified atom stereocenters. The van der Waals surface area contributed by atoms with Gasteiger partial charge in [-0.05, 0) is 50.2 Å². The summed E-state index contributed by atoms with van der Waals surface area (Å²) >= 11 is 0. The standard InChI is InChI=1S/C9H16N4/c1-13-3-2-7-4-9(11-12-10)5-8(7)6-13/h7-9H,2-6H2,1H3/t7-,8-,9?/m1/s1. The molecule has 2 rings (SSSR count). The fraction of sp³-hybridized carbons (Fsp3) is 1.00. The molecule has 0 radical (unpaired) electrons. The van der Waals surface area contributed by atoms with Crippen LogP contribution in [0.2, 0.25) is 0 Å². The van der Waals surface area contributed by atoms with Gasteiger partial charge in [0.05, 0.1) is 0 Å². The number of rotatable bonds is 1. The number of hydrogen-bond acceptors (Lipinski definition) is 2. The van der Waals surface area contributed by atoms with Crippen LogP contribution < -0.4 is 0 Å². The minimum atomic E-state index is 0.284. The molecule has 4 heteroatoms. The molecular formula is C9H16N4. The predicted molar refractivity (Wildman–Crippen MR) is 51.3 cm³/mol. The molecule has 0 aromatic heterocycles. The largest absolute Gasteiger partial charge is 0.306 e. The van der Waals surface area contributed by atoms with Crippen molar-refractivity contribution in [3.05, 3.63) is 10.4 Å². The maximum atomic E-state index is 8.36. The van der Waals surface area contributed by atoms with Crippen molar-refractivity contribution in [2.24, 2.45) is 17.0 Å². The van der Waals surface area contributed by atoms with Crippen molar-refractivity contribution in [1.82, 2.24) is 4.90 Å². The first-order chi connectivity index (χ1) is 6.29. The smallest absolute Gasteiger partial charge is 0.0380 e. The Bertz CT molecular complexity index is 234. The number of nitrogens with zero attached hydrogens (tertiary/aromatic N) is 4. The number of hydrogen-bond donors (Lipinski definition) is 0. The van der Waals surface area contributed by atoms with Gasteiger partial charge in [-0.15, -0.1) is 0 Å². The van der Waals surface area contributed by atoms with E-state index in [1.165, 1.54) is 19.5 Å². The molecule has 0 aromatic carbocycles. The molecule has 2 aliphatic rings. The van der Waals surface area contributed by atoms with E-state index in [1.54, 1.807) is 0 Å². The lowest BCUT2D eigenvalue weighted by Crippen LogP contribution is -2.35. The van der Waals surface area contributed by atoms with E-state index in [-0.39, 0.29) is 6.04 Å². The number of likely N-dealkylation sites (tertiary alicyclic amines) is 1. The van der Waals surface area contributed by atoms with Crippen molar-refractivity contribution in [2.75, 3.05) is 20.1 Å². The van der Waals surface area contributed by atoms with Crippen molar-refractivity contribution < 1.29 is 0 Å². The van der Waals surface area contributed by atoms with Crippen LogP contribution in [-0.2, 0) is 0 Å². The monoisotopic (exact) mass is 180 g/mol. The molecule has 1 saturated heterocycles. The predicted octanol–water partition coefficient (Wildman–Crippen LogP) is 2.03. The van der Waals surface area contributed by atoms with Gasteiger partial charge in [-0.2, -0.15) is 0 Å². The summed E-state index contributed by atoms with van der Waals surface area (Å²) in [6.07, 6.45) is 3.53. The highest BCUT2D eigenvalue weighted by Gasteiger charge is 2.36. The Balaban J connectivity index is 1.98. The minimum absolute atomic E-state index is 0.284. The van der Waals surface area contributed by atoms with E-state index in [9.17, 15) is 0 Å². The molecular weight excluding hydrogens is 164 g/mol. The third-order valence-corrected chi connectivity index (χ3v) is 3.46. The maximum absolute atomic E-state index is 8.36. The normalized spacial score (nSPS) is 39.6. The van der Waals surface area contributed by atoms with Crippen LogP contribution in [0.4, 0.5) is 0 Å². The lowest BCUT2D eigenvalue weighted by atomic mass is 9.89. The van der Waals surface area contributed by atoms with Gasteiger partial charge in [0.2, 0.25) is 0 Å². The van der Waals surface area contributed by atoms with Gasteiger partial charge >= 0.3 is 0 Å². The van der Waals surface area contributed by atoms with Gasteiger partial charge in [0.15, 0.2) is 0 Å². The Hall–Kier alpha value is -0.730. The van der Waals surface area contributed by atoms with E-state index < -0.39 is 0 Å². The molecule has 0 amide bonds. The summed E-state index contributed by atoms with van der Waals surface area (Å²) in [5.74, 6) is 1.61. The first-order valence-corrected chi connectivity index (χ1v) is 5.02. The topological polar surface area (TPSA) is 52.0 Å². The molecule has 0 bridgehead atoms. The summed E-state index contributed by atoms with van der Waals surface area (Å²) in [4.78, 5) is 5.29. The molecule has 1 aliphatic heterocycles. The second-order valence-corrected chi connectivity index (χ2v) is 4.40. The fourth-order valence-electron chi connectivity index (χ4n) is 2.80.